The summed E-state index contributed by atoms with van der Waals surface area (Å²) >= 11 is 0. The molecule has 5 nitrogen and oxygen atoms in total. The summed E-state index contributed by atoms with van der Waals surface area (Å²) in [5.74, 6) is 0.0133. The number of Topliss-reactive ketones (excluding diaryl/α,β-unsaturated/α-hetero) is 1. The van der Waals surface area contributed by atoms with Crippen LogP contribution >= 0.6 is 0 Å². The van der Waals surface area contributed by atoms with Gasteiger partial charge in [0.2, 0.25) is 0 Å². The van der Waals surface area contributed by atoms with Crippen LogP contribution in [0.3, 0.4) is 0 Å². The van der Waals surface area contributed by atoms with Crippen molar-refractivity contribution in [1.82, 2.24) is 0 Å². The van der Waals surface area contributed by atoms with E-state index in [1.807, 2.05) is 27.7 Å². The molecule has 111 valence electrons. The van der Waals surface area contributed by atoms with Crippen LogP contribution < -0.4 is 10.2 Å². The summed E-state index contributed by atoms with van der Waals surface area (Å²) in [7, 11) is 1.26. The standard InChI is InChI=1S/C5H8O3.2C4H9O.Al/c1-4(6)3-5(7)8-2;2*1-4(2)3-5;/h3H2,1-2H3;2*4H,3H2,1-2H3;/q;2*-1;+2. The summed E-state index contributed by atoms with van der Waals surface area (Å²) in [6, 6.07) is 0. The Labute approximate surface area is 127 Å². The molecule has 19 heavy (non-hydrogen) atoms. The minimum Gasteiger partial charge on any atom is -0.854 e. The van der Waals surface area contributed by atoms with Crippen LogP contribution in [0.25, 0.3) is 0 Å². The third kappa shape index (κ3) is 46.5. The fourth-order valence-electron chi connectivity index (χ4n) is 0.275. The largest absolute Gasteiger partial charge is 2.00 e. The Hall–Kier alpha value is -0.408. The third-order valence-electron chi connectivity index (χ3n) is 1.29. The van der Waals surface area contributed by atoms with Gasteiger partial charge in [0.1, 0.15) is 12.2 Å². The van der Waals surface area contributed by atoms with Crippen LogP contribution in [0, 0.1) is 11.8 Å². The second-order valence-corrected chi connectivity index (χ2v) is 4.58. The molecule has 0 aromatic heterocycles. The number of hydrogen-bond donors (Lipinski definition) is 0. The van der Waals surface area contributed by atoms with Crippen molar-refractivity contribution in [2.24, 2.45) is 11.8 Å². The van der Waals surface area contributed by atoms with Crippen LogP contribution in [0.4, 0.5) is 0 Å². The Morgan fingerprint density at radius 2 is 1.26 bits per heavy atom. The minimum atomic E-state index is -0.475. The zero-order valence-electron chi connectivity index (χ0n) is 12.9. The van der Waals surface area contributed by atoms with Crippen molar-refractivity contribution in [2.45, 2.75) is 41.0 Å². The van der Waals surface area contributed by atoms with E-state index in [9.17, 15) is 19.8 Å². The van der Waals surface area contributed by atoms with E-state index in [-0.39, 0.29) is 42.8 Å². The number of hydrogen-bond acceptors (Lipinski definition) is 5. The molecule has 0 atom stereocenters. The molecular weight excluding hydrogens is 263 g/mol. The van der Waals surface area contributed by atoms with E-state index in [0.717, 1.165) is 0 Å². The molecular formula is C13H26AlO5. The van der Waals surface area contributed by atoms with Gasteiger partial charge in [0, 0.05) is 0 Å². The number of carbonyl (C=O) groups excluding carboxylic acids is 2. The first kappa shape index (κ1) is 27.0. The molecule has 0 aliphatic rings. The number of esters is 1. The normalized spacial score (nSPS) is 8.53. The summed E-state index contributed by atoms with van der Waals surface area (Å²) in [4.78, 5) is 20.3. The molecule has 0 unspecified atom stereocenters. The van der Waals surface area contributed by atoms with Crippen LogP contribution in [0.15, 0.2) is 0 Å². The summed E-state index contributed by atoms with van der Waals surface area (Å²) in [5, 5.41) is 19.3. The van der Waals surface area contributed by atoms with E-state index in [0.29, 0.717) is 11.8 Å². The number of rotatable bonds is 4. The quantitative estimate of drug-likeness (QED) is 0.405. The smallest absolute Gasteiger partial charge is 0.854 e. The molecule has 0 aromatic carbocycles. The van der Waals surface area contributed by atoms with Gasteiger partial charge in [-0.2, -0.15) is 0 Å². The van der Waals surface area contributed by atoms with Crippen molar-refractivity contribution in [1.29, 1.82) is 0 Å². The van der Waals surface area contributed by atoms with Crippen molar-refractivity contribution in [3.63, 3.8) is 0 Å². The minimum absolute atomic E-state index is 0. The maximum Gasteiger partial charge on any atom is 2.00 e. The Morgan fingerprint density at radius 1 is 1.00 bits per heavy atom. The van der Waals surface area contributed by atoms with Gasteiger partial charge in [0.15, 0.2) is 0 Å². The molecule has 0 aromatic rings. The third-order valence-corrected chi connectivity index (χ3v) is 1.29. The van der Waals surface area contributed by atoms with Gasteiger partial charge in [-0.05, 0) is 6.92 Å². The summed E-state index contributed by atoms with van der Waals surface area (Å²) in [5.41, 5.74) is 0. The average Bonchev–Trinajstić information content (AvgIpc) is 2.29. The Bertz CT molecular complexity index is 197. The molecule has 0 saturated heterocycles. The first-order chi connectivity index (χ1) is 8.20. The van der Waals surface area contributed by atoms with Crippen LogP contribution in [0.1, 0.15) is 41.0 Å². The summed E-state index contributed by atoms with van der Waals surface area (Å²) in [6.45, 7) is 9.09. The Kier molecular flexibility index (Phi) is 28.3. The number of methoxy groups -OCH3 is 1. The maximum atomic E-state index is 10.2. The zero-order chi connectivity index (χ0) is 15.1. The zero-order valence-corrected chi connectivity index (χ0v) is 14.0. The van der Waals surface area contributed by atoms with Gasteiger partial charge in [-0.15, -0.1) is 13.2 Å². The maximum absolute atomic E-state index is 10.2. The molecule has 0 aliphatic carbocycles. The van der Waals surface area contributed by atoms with Crippen molar-refractivity contribution >= 4 is 29.1 Å². The predicted octanol–water partition coefficient (Wildman–Crippen LogP) is -0.237. The van der Waals surface area contributed by atoms with Crippen LogP contribution in [0.2, 0.25) is 0 Å². The second-order valence-electron chi connectivity index (χ2n) is 4.58. The van der Waals surface area contributed by atoms with Gasteiger partial charge >= 0.3 is 23.3 Å². The molecule has 0 bridgehead atoms. The molecule has 1 radical (unpaired) electrons. The van der Waals surface area contributed by atoms with Gasteiger partial charge in [-0.1, -0.05) is 39.5 Å². The Morgan fingerprint density at radius 3 is 1.32 bits per heavy atom. The number of ketones is 1. The van der Waals surface area contributed by atoms with Gasteiger partial charge < -0.3 is 14.9 Å². The summed E-state index contributed by atoms with van der Waals surface area (Å²) in [6.07, 6.45) is -0.115. The van der Waals surface area contributed by atoms with E-state index >= 15 is 0 Å². The monoisotopic (exact) mass is 289 g/mol. The molecule has 0 amide bonds. The van der Waals surface area contributed by atoms with Gasteiger partial charge in [0.05, 0.1) is 7.11 Å². The second kappa shape index (κ2) is 19.9. The predicted molar refractivity (Wildman–Crippen MR) is 72.5 cm³/mol. The molecule has 0 heterocycles. The molecule has 0 aliphatic heterocycles. The Balaban J connectivity index is -0.0000000906. The van der Waals surface area contributed by atoms with Crippen LogP contribution in [0.5, 0.6) is 0 Å². The molecule has 6 heteroatoms. The van der Waals surface area contributed by atoms with Gasteiger partial charge in [-0.25, -0.2) is 0 Å². The topological polar surface area (TPSA) is 89.5 Å². The van der Waals surface area contributed by atoms with Gasteiger partial charge in [0.25, 0.3) is 0 Å². The molecule has 0 fully saturated rings. The van der Waals surface area contributed by atoms with Crippen molar-refractivity contribution < 1.29 is 24.5 Å². The van der Waals surface area contributed by atoms with Crippen LogP contribution in [-0.4, -0.2) is 49.4 Å². The molecule has 0 rings (SSSR count). The fraction of sp³-hybridized carbons (Fsp3) is 0.846. The van der Waals surface area contributed by atoms with Crippen molar-refractivity contribution in [2.75, 3.05) is 20.3 Å². The molecule has 0 N–H and O–H groups in total. The van der Waals surface area contributed by atoms with Crippen LogP contribution in [-0.2, 0) is 14.3 Å². The fourth-order valence-corrected chi connectivity index (χ4v) is 0.275. The van der Waals surface area contributed by atoms with Gasteiger partial charge in [-0.3, -0.25) is 9.59 Å². The van der Waals surface area contributed by atoms with E-state index < -0.39 is 5.97 Å². The number of carbonyl (C=O) groups is 2. The first-order valence-corrected chi connectivity index (χ1v) is 5.93. The summed E-state index contributed by atoms with van der Waals surface area (Å²) < 4.78 is 4.20. The van der Waals surface area contributed by atoms with Crippen molar-refractivity contribution in [3.05, 3.63) is 0 Å². The van der Waals surface area contributed by atoms with E-state index in [1.54, 1.807) is 0 Å². The van der Waals surface area contributed by atoms with Crippen molar-refractivity contribution in [3.8, 4) is 0 Å². The molecule has 0 saturated carbocycles. The SMILES string of the molecule is CC(C)C[O-].CC(C)C[O-].COC(=O)CC(C)=O.[Al+2]. The number of ether oxygens (including phenoxy) is 1. The van der Waals surface area contributed by atoms with E-state index in [1.165, 1.54) is 14.0 Å². The first-order valence-electron chi connectivity index (χ1n) is 5.93. The van der Waals surface area contributed by atoms with E-state index in [4.69, 9.17) is 0 Å². The average molecular weight is 289 g/mol. The molecule has 0 spiro atoms. The van der Waals surface area contributed by atoms with E-state index in [2.05, 4.69) is 4.74 Å².